The second-order valence-corrected chi connectivity index (χ2v) is 5.62. The van der Waals surface area contributed by atoms with Crippen LogP contribution in [0.2, 0.25) is 0 Å². The molecule has 1 atom stereocenters. The Morgan fingerprint density at radius 2 is 2.21 bits per heavy atom. The largest absolute Gasteiger partial charge is 0.348 e. The molecule has 0 saturated carbocycles. The van der Waals surface area contributed by atoms with E-state index in [1.165, 1.54) is 29.4 Å². The number of likely N-dealkylation sites (tertiary alicyclic amines) is 1. The van der Waals surface area contributed by atoms with Crippen LogP contribution in [0.5, 0.6) is 0 Å². The minimum Gasteiger partial charge on any atom is -0.348 e. The Morgan fingerprint density at radius 1 is 1.32 bits per heavy atom. The number of fused-ring (bicyclic) bond motifs is 1. The molecule has 3 heteroatoms. The van der Waals surface area contributed by atoms with E-state index in [0.29, 0.717) is 5.92 Å². The van der Waals surface area contributed by atoms with Crippen molar-refractivity contribution in [3.05, 3.63) is 36.0 Å². The van der Waals surface area contributed by atoms with Gasteiger partial charge in [-0.1, -0.05) is 12.1 Å². The highest BCUT2D eigenvalue weighted by Crippen LogP contribution is 2.21. The van der Waals surface area contributed by atoms with Crippen molar-refractivity contribution in [3.8, 4) is 0 Å². The van der Waals surface area contributed by atoms with Gasteiger partial charge in [-0.05, 0) is 55.4 Å². The molecule has 2 heterocycles. The van der Waals surface area contributed by atoms with Gasteiger partial charge in [0.15, 0.2) is 0 Å². The van der Waals surface area contributed by atoms with Crippen LogP contribution in [0.1, 0.15) is 18.9 Å². The Labute approximate surface area is 115 Å². The second kappa shape index (κ2) is 5.35. The molecule has 0 unspecified atom stereocenters. The van der Waals surface area contributed by atoms with Gasteiger partial charge in [-0.25, -0.2) is 0 Å². The van der Waals surface area contributed by atoms with Crippen molar-refractivity contribution in [2.45, 2.75) is 26.4 Å². The Bertz CT molecular complexity index is 558. The third kappa shape index (κ3) is 2.53. The molecule has 1 fully saturated rings. The number of aromatic nitrogens is 1. The molecule has 0 spiro atoms. The standard InChI is InChI=1S/C16H23N3/c1-2-19-8-6-15-4-3-13(9-16(15)19)11-18-7-5-14(10-17)12-18/h3-4,6,8-9,14H,2,5,7,10-12,17H2,1H3/t14-/m0/s1. The molecule has 1 aromatic carbocycles. The van der Waals surface area contributed by atoms with Crippen LogP contribution < -0.4 is 5.73 Å². The maximum Gasteiger partial charge on any atom is 0.0483 e. The maximum absolute atomic E-state index is 5.76. The summed E-state index contributed by atoms with van der Waals surface area (Å²) in [6.45, 7) is 7.46. The summed E-state index contributed by atoms with van der Waals surface area (Å²) in [5.41, 5.74) is 8.53. The van der Waals surface area contributed by atoms with E-state index in [1.54, 1.807) is 0 Å². The molecule has 0 bridgehead atoms. The highest BCUT2D eigenvalue weighted by molar-refractivity contribution is 5.80. The van der Waals surface area contributed by atoms with Crippen LogP contribution in [0.25, 0.3) is 10.9 Å². The molecular weight excluding hydrogens is 234 g/mol. The Balaban J connectivity index is 1.78. The summed E-state index contributed by atoms with van der Waals surface area (Å²) in [6.07, 6.45) is 3.43. The molecule has 1 aliphatic rings. The molecule has 2 aromatic rings. The van der Waals surface area contributed by atoms with Gasteiger partial charge >= 0.3 is 0 Å². The Morgan fingerprint density at radius 3 is 2.95 bits per heavy atom. The number of nitrogens with zero attached hydrogens (tertiary/aromatic N) is 2. The third-order valence-electron chi connectivity index (χ3n) is 4.29. The van der Waals surface area contributed by atoms with Crippen molar-refractivity contribution in [3.63, 3.8) is 0 Å². The van der Waals surface area contributed by atoms with Crippen LogP contribution in [0.3, 0.4) is 0 Å². The minimum atomic E-state index is 0.697. The van der Waals surface area contributed by atoms with Gasteiger partial charge in [-0.2, -0.15) is 0 Å². The number of hydrogen-bond donors (Lipinski definition) is 1. The molecule has 19 heavy (non-hydrogen) atoms. The number of hydrogen-bond acceptors (Lipinski definition) is 2. The first-order chi connectivity index (χ1) is 9.30. The molecule has 1 aromatic heterocycles. The molecule has 3 nitrogen and oxygen atoms in total. The van der Waals surface area contributed by atoms with Gasteiger partial charge < -0.3 is 10.3 Å². The molecule has 0 radical (unpaired) electrons. The maximum atomic E-state index is 5.76. The molecule has 102 valence electrons. The molecule has 2 N–H and O–H groups in total. The zero-order valence-electron chi connectivity index (χ0n) is 11.7. The van der Waals surface area contributed by atoms with Gasteiger partial charge in [0.25, 0.3) is 0 Å². The molecule has 1 aliphatic heterocycles. The normalized spacial score (nSPS) is 20.4. The monoisotopic (exact) mass is 257 g/mol. The first kappa shape index (κ1) is 12.7. The fourth-order valence-electron chi connectivity index (χ4n) is 3.11. The third-order valence-corrected chi connectivity index (χ3v) is 4.29. The van der Waals surface area contributed by atoms with Gasteiger partial charge in [0.2, 0.25) is 0 Å². The highest BCUT2D eigenvalue weighted by atomic mass is 15.1. The summed E-state index contributed by atoms with van der Waals surface area (Å²) in [4.78, 5) is 2.53. The summed E-state index contributed by atoms with van der Waals surface area (Å²) in [7, 11) is 0. The predicted molar refractivity (Wildman–Crippen MR) is 80.1 cm³/mol. The highest BCUT2D eigenvalue weighted by Gasteiger charge is 2.21. The van der Waals surface area contributed by atoms with E-state index in [1.807, 2.05) is 0 Å². The summed E-state index contributed by atoms with van der Waals surface area (Å²) in [5, 5.41) is 1.34. The van der Waals surface area contributed by atoms with Gasteiger partial charge in [-0.3, -0.25) is 4.90 Å². The van der Waals surface area contributed by atoms with Crippen molar-refractivity contribution in [1.29, 1.82) is 0 Å². The van der Waals surface area contributed by atoms with Crippen LogP contribution in [0, 0.1) is 5.92 Å². The lowest BCUT2D eigenvalue weighted by molar-refractivity contribution is 0.318. The van der Waals surface area contributed by atoms with E-state index in [9.17, 15) is 0 Å². The van der Waals surface area contributed by atoms with E-state index in [4.69, 9.17) is 5.73 Å². The Kier molecular flexibility index (Phi) is 3.58. The average molecular weight is 257 g/mol. The van der Waals surface area contributed by atoms with E-state index < -0.39 is 0 Å². The summed E-state index contributed by atoms with van der Waals surface area (Å²) >= 11 is 0. The zero-order chi connectivity index (χ0) is 13.2. The van der Waals surface area contributed by atoms with Crippen LogP contribution >= 0.6 is 0 Å². The van der Waals surface area contributed by atoms with Crippen molar-refractivity contribution in [1.82, 2.24) is 9.47 Å². The summed E-state index contributed by atoms with van der Waals surface area (Å²) in [5.74, 6) is 0.697. The topological polar surface area (TPSA) is 34.2 Å². The van der Waals surface area contributed by atoms with E-state index in [0.717, 1.165) is 26.2 Å². The molecule has 0 amide bonds. The number of benzene rings is 1. The van der Waals surface area contributed by atoms with E-state index in [2.05, 4.69) is 46.9 Å². The van der Waals surface area contributed by atoms with E-state index >= 15 is 0 Å². The van der Waals surface area contributed by atoms with Gasteiger partial charge in [0.05, 0.1) is 0 Å². The summed E-state index contributed by atoms with van der Waals surface area (Å²) < 4.78 is 2.31. The fraction of sp³-hybridized carbons (Fsp3) is 0.500. The molecular formula is C16H23N3. The van der Waals surface area contributed by atoms with Crippen LogP contribution in [-0.4, -0.2) is 29.1 Å². The Hall–Kier alpha value is -1.32. The lowest BCUT2D eigenvalue weighted by Gasteiger charge is -2.16. The van der Waals surface area contributed by atoms with Crippen molar-refractivity contribution in [2.24, 2.45) is 11.7 Å². The van der Waals surface area contributed by atoms with Gasteiger partial charge in [0.1, 0.15) is 0 Å². The quantitative estimate of drug-likeness (QED) is 0.913. The number of rotatable bonds is 4. The number of nitrogens with two attached hydrogens (primary N) is 1. The first-order valence-electron chi connectivity index (χ1n) is 7.30. The molecule has 0 aliphatic carbocycles. The smallest absolute Gasteiger partial charge is 0.0483 e. The van der Waals surface area contributed by atoms with Gasteiger partial charge in [-0.15, -0.1) is 0 Å². The average Bonchev–Trinajstić information content (AvgIpc) is 3.04. The van der Waals surface area contributed by atoms with Gasteiger partial charge in [0, 0.05) is 31.3 Å². The predicted octanol–water partition coefficient (Wildman–Crippen LogP) is 2.44. The molecule has 3 rings (SSSR count). The summed E-state index contributed by atoms with van der Waals surface area (Å²) in [6, 6.07) is 9.04. The van der Waals surface area contributed by atoms with Crippen LogP contribution in [0.15, 0.2) is 30.5 Å². The van der Waals surface area contributed by atoms with E-state index in [-0.39, 0.29) is 0 Å². The number of aryl methyl sites for hydroxylation is 1. The molecule has 1 saturated heterocycles. The van der Waals surface area contributed by atoms with Crippen molar-refractivity contribution >= 4 is 10.9 Å². The fourth-order valence-corrected chi connectivity index (χ4v) is 3.11. The van der Waals surface area contributed by atoms with Crippen molar-refractivity contribution < 1.29 is 0 Å². The van der Waals surface area contributed by atoms with Crippen LogP contribution in [0.4, 0.5) is 0 Å². The first-order valence-corrected chi connectivity index (χ1v) is 7.30. The second-order valence-electron chi connectivity index (χ2n) is 5.62. The van der Waals surface area contributed by atoms with Crippen LogP contribution in [-0.2, 0) is 13.1 Å². The SMILES string of the molecule is CCn1ccc2ccc(CN3CC[C@@H](CN)C3)cc21. The zero-order valence-corrected chi connectivity index (χ0v) is 11.7. The minimum absolute atomic E-state index is 0.697. The lowest BCUT2D eigenvalue weighted by Crippen LogP contribution is -2.22. The van der Waals surface area contributed by atoms with Crippen molar-refractivity contribution in [2.75, 3.05) is 19.6 Å². The lowest BCUT2D eigenvalue weighted by atomic mass is 10.1.